The number of halogens is 1. The van der Waals surface area contributed by atoms with Crippen molar-refractivity contribution in [2.75, 3.05) is 0 Å². The number of ether oxygens (including phenoxy) is 2. The van der Waals surface area contributed by atoms with Gasteiger partial charge >= 0.3 is 5.97 Å². The molecule has 0 saturated carbocycles. The fraction of sp³-hybridized carbons (Fsp3) is 0.0833. The van der Waals surface area contributed by atoms with Gasteiger partial charge in [0.15, 0.2) is 0 Å². The van der Waals surface area contributed by atoms with Crippen LogP contribution < -0.4 is 14.9 Å². The predicted octanol–water partition coefficient (Wildman–Crippen LogP) is 6.13. The Labute approximate surface area is 181 Å². The fourth-order valence-corrected chi connectivity index (χ4v) is 3.42. The molecule has 3 aromatic carbocycles. The Hall–Kier alpha value is -3.38. The van der Waals surface area contributed by atoms with Gasteiger partial charge in [0.2, 0.25) is 11.2 Å². The number of carbonyl (C=O) groups is 1. The molecule has 0 N–H and O–H groups in total. The van der Waals surface area contributed by atoms with Crippen LogP contribution in [0.2, 0.25) is 0 Å². The minimum Gasteiger partial charge on any atom is -0.460 e. The number of rotatable bonds is 5. The monoisotopic (exact) mass is 464 g/mol. The van der Waals surface area contributed by atoms with Crippen molar-refractivity contribution in [3.8, 4) is 17.2 Å². The number of benzene rings is 3. The molecule has 30 heavy (non-hydrogen) atoms. The van der Waals surface area contributed by atoms with E-state index >= 15 is 0 Å². The van der Waals surface area contributed by atoms with Gasteiger partial charge in [0.1, 0.15) is 23.3 Å². The zero-order valence-electron chi connectivity index (χ0n) is 16.1. The minimum atomic E-state index is -0.505. The lowest BCUT2D eigenvalue weighted by Gasteiger charge is -2.10. The van der Waals surface area contributed by atoms with Crippen molar-refractivity contribution in [1.29, 1.82) is 0 Å². The average molecular weight is 465 g/mol. The standard InChI is InChI=1S/C24H17BrO5/c1-2-15-6-3-4-9-20(15)30-22-14-28-21-13-18(10-11-19(21)23(22)26)29-24(27)16-7-5-8-17(25)12-16/h3-14H,2H2,1H3. The van der Waals surface area contributed by atoms with Crippen molar-refractivity contribution in [2.45, 2.75) is 13.3 Å². The van der Waals surface area contributed by atoms with Crippen LogP contribution >= 0.6 is 15.9 Å². The van der Waals surface area contributed by atoms with Crippen LogP contribution in [-0.2, 0) is 6.42 Å². The molecule has 5 nitrogen and oxygen atoms in total. The summed E-state index contributed by atoms with van der Waals surface area (Å²) in [5, 5.41) is 0.337. The quantitative estimate of drug-likeness (QED) is 0.262. The maximum absolute atomic E-state index is 12.8. The SMILES string of the molecule is CCc1ccccc1Oc1coc2cc(OC(=O)c3cccc(Br)c3)ccc2c1=O. The molecule has 0 radical (unpaired) electrons. The molecule has 4 aromatic rings. The van der Waals surface area contributed by atoms with Crippen LogP contribution in [0.1, 0.15) is 22.8 Å². The lowest BCUT2D eigenvalue weighted by Crippen LogP contribution is -2.09. The first-order valence-corrected chi connectivity index (χ1v) is 10.1. The Balaban J connectivity index is 1.61. The molecule has 0 amide bonds. The van der Waals surface area contributed by atoms with Crippen molar-refractivity contribution in [3.63, 3.8) is 0 Å². The third kappa shape index (κ3) is 4.14. The van der Waals surface area contributed by atoms with Crippen molar-refractivity contribution in [3.05, 3.63) is 98.8 Å². The maximum atomic E-state index is 12.8. The van der Waals surface area contributed by atoms with Crippen molar-refractivity contribution in [1.82, 2.24) is 0 Å². The Morgan fingerprint density at radius 2 is 1.83 bits per heavy atom. The largest absolute Gasteiger partial charge is 0.460 e. The highest BCUT2D eigenvalue weighted by Gasteiger charge is 2.14. The second kappa shape index (κ2) is 8.55. The van der Waals surface area contributed by atoms with Crippen LogP contribution in [0, 0.1) is 0 Å². The van der Waals surface area contributed by atoms with Gasteiger partial charge in [0.05, 0.1) is 10.9 Å². The van der Waals surface area contributed by atoms with E-state index in [-0.39, 0.29) is 16.9 Å². The average Bonchev–Trinajstić information content (AvgIpc) is 2.76. The van der Waals surface area contributed by atoms with E-state index < -0.39 is 5.97 Å². The Morgan fingerprint density at radius 3 is 2.63 bits per heavy atom. The molecule has 150 valence electrons. The van der Waals surface area contributed by atoms with E-state index in [2.05, 4.69) is 15.9 Å². The van der Waals surface area contributed by atoms with Crippen LogP contribution in [0.25, 0.3) is 11.0 Å². The van der Waals surface area contributed by atoms with E-state index in [9.17, 15) is 9.59 Å². The molecule has 0 aliphatic heterocycles. The summed E-state index contributed by atoms with van der Waals surface area (Å²) in [4.78, 5) is 25.2. The molecule has 0 atom stereocenters. The van der Waals surface area contributed by atoms with E-state index in [0.29, 0.717) is 22.3 Å². The van der Waals surface area contributed by atoms with E-state index in [0.717, 1.165) is 16.5 Å². The molecular formula is C24H17BrO5. The summed E-state index contributed by atoms with van der Waals surface area (Å²) < 4.78 is 17.6. The Morgan fingerprint density at radius 1 is 1.00 bits per heavy atom. The first-order valence-electron chi connectivity index (χ1n) is 9.34. The van der Waals surface area contributed by atoms with Gasteiger partial charge in [0.25, 0.3) is 0 Å². The van der Waals surface area contributed by atoms with Gasteiger partial charge in [-0.05, 0) is 48.4 Å². The van der Waals surface area contributed by atoms with Gasteiger partial charge in [-0.15, -0.1) is 0 Å². The van der Waals surface area contributed by atoms with Gasteiger partial charge < -0.3 is 13.9 Å². The summed E-state index contributed by atoms with van der Waals surface area (Å²) in [7, 11) is 0. The lowest BCUT2D eigenvalue weighted by atomic mass is 10.1. The summed E-state index contributed by atoms with van der Waals surface area (Å²) in [6, 6.07) is 19.1. The lowest BCUT2D eigenvalue weighted by molar-refractivity contribution is 0.0735. The van der Waals surface area contributed by atoms with Crippen LogP contribution in [0.5, 0.6) is 17.2 Å². The highest BCUT2D eigenvalue weighted by Crippen LogP contribution is 2.27. The van der Waals surface area contributed by atoms with Crippen molar-refractivity contribution >= 4 is 32.9 Å². The molecule has 0 saturated heterocycles. The van der Waals surface area contributed by atoms with Crippen LogP contribution in [0.4, 0.5) is 0 Å². The van der Waals surface area contributed by atoms with Gasteiger partial charge in [-0.25, -0.2) is 4.79 Å². The second-order valence-electron chi connectivity index (χ2n) is 6.55. The molecule has 0 unspecified atom stereocenters. The van der Waals surface area contributed by atoms with Gasteiger partial charge in [-0.1, -0.05) is 47.1 Å². The van der Waals surface area contributed by atoms with E-state index in [1.807, 2.05) is 37.3 Å². The number of esters is 1. The molecule has 0 fully saturated rings. The fourth-order valence-electron chi connectivity index (χ4n) is 3.02. The summed E-state index contributed by atoms with van der Waals surface area (Å²) >= 11 is 3.33. The van der Waals surface area contributed by atoms with Crippen LogP contribution in [0.3, 0.4) is 0 Å². The first-order chi connectivity index (χ1) is 14.5. The predicted molar refractivity (Wildman–Crippen MR) is 117 cm³/mol. The molecule has 1 heterocycles. The third-order valence-corrected chi connectivity index (χ3v) is 5.05. The topological polar surface area (TPSA) is 65.7 Å². The molecule has 4 rings (SSSR count). The van der Waals surface area contributed by atoms with E-state index in [1.165, 1.54) is 12.3 Å². The number of hydrogen-bond donors (Lipinski definition) is 0. The third-order valence-electron chi connectivity index (χ3n) is 4.56. The Kier molecular flexibility index (Phi) is 5.68. The first kappa shape index (κ1) is 19.9. The molecule has 0 bridgehead atoms. The number of fused-ring (bicyclic) bond motifs is 1. The molecular weight excluding hydrogens is 448 g/mol. The summed E-state index contributed by atoms with van der Waals surface area (Å²) in [5.74, 6) is 0.489. The molecule has 0 spiro atoms. The number of hydrogen-bond acceptors (Lipinski definition) is 5. The number of carbonyl (C=O) groups excluding carboxylic acids is 1. The van der Waals surface area contributed by atoms with Crippen molar-refractivity contribution < 1.29 is 18.7 Å². The van der Waals surface area contributed by atoms with Crippen molar-refractivity contribution in [2.24, 2.45) is 0 Å². The summed E-state index contributed by atoms with van der Waals surface area (Å²) in [5.41, 5.74) is 1.40. The smallest absolute Gasteiger partial charge is 0.343 e. The summed E-state index contributed by atoms with van der Waals surface area (Å²) in [6.07, 6.45) is 2.05. The Bertz CT molecular complexity index is 1290. The molecule has 0 aliphatic rings. The molecule has 0 aliphatic carbocycles. The van der Waals surface area contributed by atoms with E-state index in [4.69, 9.17) is 13.9 Å². The minimum absolute atomic E-state index is 0.0993. The van der Waals surface area contributed by atoms with Gasteiger partial charge in [-0.2, -0.15) is 0 Å². The number of para-hydroxylation sites is 1. The highest BCUT2D eigenvalue weighted by atomic mass is 79.9. The zero-order chi connectivity index (χ0) is 21.1. The molecule has 1 aromatic heterocycles. The molecule has 6 heteroatoms. The van der Waals surface area contributed by atoms with Gasteiger partial charge in [0, 0.05) is 10.5 Å². The van der Waals surface area contributed by atoms with Crippen LogP contribution in [0.15, 0.2) is 86.7 Å². The summed E-state index contributed by atoms with van der Waals surface area (Å²) in [6.45, 7) is 2.02. The van der Waals surface area contributed by atoms with E-state index in [1.54, 1.807) is 30.3 Å². The maximum Gasteiger partial charge on any atom is 0.343 e. The van der Waals surface area contributed by atoms with Gasteiger partial charge in [-0.3, -0.25) is 4.79 Å². The second-order valence-corrected chi connectivity index (χ2v) is 7.47. The number of aryl methyl sites for hydroxylation is 1. The normalized spacial score (nSPS) is 10.7. The highest BCUT2D eigenvalue weighted by molar-refractivity contribution is 9.10. The zero-order valence-corrected chi connectivity index (χ0v) is 17.6. The van der Waals surface area contributed by atoms with Crippen LogP contribution in [-0.4, -0.2) is 5.97 Å².